The quantitative estimate of drug-likeness (QED) is 0.436. The fourth-order valence-corrected chi connectivity index (χ4v) is 2.87. The molecule has 0 aliphatic heterocycles. The molecule has 0 amide bonds. The van der Waals surface area contributed by atoms with E-state index in [0.29, 0.717) is 11.8 Å². The molecule has 1 fully saturated rings. The van der Waals surface area contributed by atoms with Gasteiger partial charge in [0.25, 0.3) is 5.69 Å². The van der Waals surface area contributed by atoms with Crippen molar-refractivity contribution >= 4 is 17.1 Å². The molecule has 1 aliphatic carbocycles. The Bertz CT molecular complexity index is 479. The highest BCUT2D eigenvalue weighted by atomic mass is 16.6. The SMILES string of the molecule is Nc1cc(NCC2CCCCC2CO)ccc1[N+](=O)[O-]. The van der Waals surface area contributed by atoms with Gasteiger partial charge in [-0.15, -0.1) is 0 Å². The number of benzene rings is 1. The molecule has 0 bridgehead atoms. The fourth-order valence-electron chi connectivity index (χ4n) is 2.87. The molecule has 0 heterocycles. The Kier molecular flexibility index (Phi) is 4.79. The number of nitro benzene ring substituents is 1. The zero-order valence-electron chi connectivity index (χ0n) is 11.4. The molecule has 2 unspecified atom stereocenters. The van der Waals surface area contributed by atoms with Gasteiger partial charge < -0.3 is 16.2 Å². The molecule has 6 heteroatoms. The summed E-state index contributed by atoms with van der Waals surface area (Å²) in [6.07, 6.45) is 4.57. The smallest absolute Gasteiger partial charge is 0.292 e. The maximum atomic E-state index is 10.7. The van der Waals surface area contributed by atoms with E-state index in [1.54, 1.807) is 12.1 Å². The van der Waals surface area contributed by atoms with E-state index in [4.69, 9.17) is 5.73 Å². The lowest BCUT2D eigenvalue weighted by atomic mass is 9.79. The number of aliphatic hydroxyl groups excluding tert-OH is 1. The summed E-state index contributed by atoms with van der Waals surface area (Å²) in [5, 5.41) is 23.3. The van der Waals surface area contributed by atoms with Crippen LogP contribution in [0.1, 0.15) is 25.7 Å². The normalized spacial score (nSPS) is 22.4. The standard InChI is InChI=1S/C14H21N3O3/c15-13-7-12(5-6-14(13)17(19)20)16-8-10-3-1-2-4-11(10)9-18/h5-7,10-11,16,18H,1-4,8-9,15H2. The second-order valence-electron chi connectivity index (χ2n) is 5.40. The first-order valence-corrected chi connectivity index (χ1v) is 7.00. The van der Waals surface area contributed by atoms with E-state index in [-0.39, 0.29) is 18.0 Å². The lowest BCUT2D eigenvalue weighted by Gasteiger charge is -2.30. The summed E-state index contributed by atoms with van der Waals surface area (Å²) >= 11 is 0. The van der Waals surface area contributed by atoms with Crippen molar-refractivity contribution in [2.45, 2.75) is 25.7 Å². The predicted octanol–water partition coefficient (Wildman–Crippen LogP) is 2.39. The number of nitrogen functional groups attached to an aromatic ring is 1. The van der Waals surface area contributed by atoms with Crippen LogP contribution in [0, 0.1) is 22.0 Å². The highest BCUT2D eigenvalue weighted by Crippen LogP contribution is 2.30. The van der Waals surface area contributed by atoms with Gasteiger partial charge >= 0.3 is 0 Å². The van der Waals surface area contributed by atoms with E-state index >= 15 is 0 Å². The van der Waals surface area contributed by atoms with E-state index in [1.807, 2.05) is 0 Å². The zero-order chi connectivity index (χ0) is 14.5. The van der Waals surface area contributed by atoms with Gasteiger partial charge in [0.2, 0.25) is 0 Å². The minimum Gasteiger partial charge on any atom is -0.396 e. The van der Waals surface area contributed by atoms with Crippen molar-refractivity contribution in [3.8, 4) is 0 Å². The number of nitro groups is 1. The van der Waals surface area contributed by atoms with Gasteiger partial charge in [-0.1, -0.05) is 12.8 Å². The predicted molar refractivity (Wildman–Crippen MR) is 78.5 cm³/mol. The number of nitrogens with one attached hydrogen (secondary N) is 1. The summed E-state index contributed by atoms with van der Waals surface area (Å²) in [6.45, 7) is 0.997. The Hall–Kier alpha value is -1.82. The first-order chi connectivity index (χ1) is 9.61. The van der Waals surface area contributed by atoms with Crippen LogP contribution >= 0.6 is 0 Å². The van der Waals surface area contributed by atoms with Crippen LogP contribution in [0.5, 0.6) is 0 Å². The number of hydrogen-bond acceptors (Lipinski definition) is 5. The van der Waals surface area contributed by atoms with Crippen LogP contribution in [0.2, 0.25) is 0 Å². The fraction of sp³-hybridized carbons (Fsp3) is 0.571. The second-order valence-corrected chi connectivity index (χ2v) is 5.40. The molecular formula is C14H21N3O3. The van der Waals surface area contributed by atoms with E-state index in [1.165, 1.54) is 18.9 Å². The van der Waals surface area contributed by atoms with Gasteiger partial charge in [0.05, 0.1) is 4.92 Å². The number of nitrogens with zero attached hydrogens (tertiary/aromatic N) is 1. The van der Waals surface area contributed by atoms with Crippen LogP contribution in [0.4, 0.5) is 17.1 Å². The van der Waals surface area contributed by atoms with Gasteiger partial charge in [-0.25, -0.2) is 0 Å². The zero-order valence-corrected chi connectivity index (χ0v) is 11.4. The molecule has 4 N–H and O–H groups in total. The number of aliphatic hydroxyl groups is 1. The molecule has 1 aromatic carbocycles. The van der Waals surface area contributed by atoms with E-state index in [9.17, 15) is 15.2 Å². The minimum atomic E-state index is -0.484. The van der Waals surface area contributed by atoms with E-state index in [0.717, 1.165) is 25.1 Å². The molecule has 1 saturated carbocycles. The average molecular weight is 279 g/mol. The molecule has 0 radical (unpaired) electrons. The first kappa shape index (κ1) is 14.6. The van der Waals surface area contributed by atoms with Crippen LogP contribution in [0.15, 0.2) is 18.2 Å². The Balaban J connectivity index is 1.96. The summed E-state index contributed by atoms with van der Waals surface area (Å²) < 4.78 is 0. The largest absolute Gasteiger partial charge is 0.396 e. The van der Waals surface area contributed by atoms with Crippen molar-refractivity contribution in [3.63, 3.8) is 0 Å². The van der Waals surface area contributed by atoms with Gasteiger partial charge in [-0.05, 0) is 36.8 Å². The number of nitrogens with two attached hydrogens (primary N) is 1. The molecule has 20 heavy (non-hydrogen) atoms. The molecule has 1 aliphatic rings. The molecule has 2 rings (SSSR count). The highest BCUT2D eigenvalue weighted by Gasteiger charge is 2.24. The number of rotatable bonds is 5. The van der Waals surface area contributed by atoms with Crippen molar-refractivity contribution in [2.24, 2.45) is 11.8 Å². The van der Waals surface area contributed by atoms with Gasteiger partial charge in [-0.2, -0.15) is 0 Å². The van der Waals surface area contributed by atoms with Crippen molar-refractivity contribution < 1.29 is 10.0 Å². The summed E-state index contributed by atoms with van der Waals surface area (Å²) in [6, 6.07) is 4.68. The summed E-state index contributed by atoms with van der Waals surface area (Å²) in [5.41, 5.74) is 6.55. The summed E-state index contributed by atoms with van der Waals surface area (Å²) in [7, 11) is 0. The minimum absolute atomic E-state index is 0.0681. The van der Waals surface area contributed by atoms with Crippen molar-refractivity contribution in [1.82, 2.24) is 0 Å². The monoisotopic (exact) mass is 279 g/mol. The Morgan fingerprint density at radius 3 is 2.65 bits per heavy atom. The summed E-state index contributed by atoms with van der Waals surface area (Å²) in [5.74, 6) is 0.803. The van der Waals surface area contributed by atoms with Gasteiger partial charge in [0, 0.05) is 24.9 Å². The topological polar surface area (TPSA) is 101 Å². The van der Waals surface area contributed by atoms with E-state index < -0.39 is 4.92 Å². The Morgan fingerprint density at radius 1 is 1.35 bits per heavy atom. The molecule has 0 spiro atoms. The van der Waals surface area contributed by atoms with Crippen molar-refractivity contribution in [2.75, 3.05) is 24.2 Å². The third-order valence-corrected chi connectivity index (χ3v) is 4.09. The molecule has 6 nitrogen and oxygen atoms in total. The number of anilines is 2. The number of hydrogen-bond donors (Lipinski definition) is 3. The van der Waals surface area contributed by atoms with E-state index in [2.05, 4.69) is 5.32 Å². The van der Waals surface area contributed by atoms with Gasteiger partial charge in [0.15, 0.2) is 0 Å². The molecular weight excluding hydrogens is 258 g/mol. The van der Waals surface area contributed by atoms with Crippen LogP contribution in [-0.4, -0.2) is 23.2 Å². The molecule has 1 aromatic rings. The van der Waals surface area contributed by atoms with Crippen LogP contribution in [-0.2, 0) is 0 Å². The maximum Gasteiger partial charge on any atom is 0.292 e. The van der Waals surface area contributed by atoms with Gasteiger partial charge in [-0.3, -0.25) is 10.1 Å². The van der Waals surface area contributed by atoms with Crippen molar-refractivity contribution in [3.05, 3.63) is 28.3 Å². The third kappa shape index (κ3) is 3.39. The molecule has 110 valence electrons. The molecule has 0 aromatic heterocycles. The van der Waals surface area contributed by atoms with Crippen LogP contribution in [0.25, 0.3) is 0 Å². The third-order valence-electron chi connectivity index (χ3n) is 4.09. The first-order valence-electron chi connectivity index (χ1n) is 7.00. The highest BCUT2D eigenvalue weighted by molar-refractivity contribution is 5.65. The lowest BCUT2D eigenvalue weighted by molar-refractivity contribution is -0.383. The van der Waals surface area contributed by atoms with Crippen LogP contribution in [0.3, 0.4) is 0 Å². The maximum absolute atomic E-state index is 10.7. The van der Waals surface area contributed by atoms with Crippen LogP contribution < -0.4 is 11.1 Å². The Labute approximate surface area is 118 Å². The Morgan fingerprint density at radius 2 is 2.05 bits per heavy atom. The van der Waals surface area contributed by atoms with Crippen molar-refractivity contribution in [1.29, 1.82) is 0 Å². The average Bonchev–Trinajstić information content (AvgIpc) is 2.45. The molecule has 0 saturated heterocycles. The summed E-state index contributed by atoms with van der Waals surface area (Å²) in [4.78, 5) is 10.2. The molecule has 2 atom stereocenters. The lowest BCUT2D eigenvalue weighted by Crippen LogP contribution is -2.28. The van der Waals surface area contributed by atoms with Gasteiger partial charge in [0.1, 0.15) is 5.69 Å². The second kappa shape index (κ2) is 6.56.